The molecular formula is C19H29FN2O2. The molecule has 0 aliphatic heterocycles. The second-order valence-corrected chi connectivity index (χ2v) is 6.42. The minimum atomic E-state index is -0.282. The maximum atomic E-state index is 14.4. The number of anilines is 2. The molecule has 1 amide bonds. The smallest absolute Gasteiger partial charge is 0.224 e. The summed E-state index contributed by atoms with van der Waals surface area (Å²) >= 11 is 0. The Balaban J connectivity index is 1.90. The molecule has 1 aliphatic rings. The third-order valence-corrected chi connectivity index (χ3v) is 4.63. The first-order valence-electron chi connectivity index (χ1n) is 9.01. The van der Waals surface area contributed by atoms with Crippen LogP contribution in [0.2, 0.25) is 0 Å². The van der Waals surface area contributed by atoms with E-state index in [1.807, 2.05) is 18.9 Å². The van der Waals surface area contributed by atoms with Gasteiger partial charge in [-0.1, -0.05) is 19.3 Å². The van der Waals surface area contributed by atoms with Crippen LogP contribution < -0.4 is 10.2 Å². The molecule has 134 valence electrons. The summed E-state index contributed by atoms with van der Waals surface area (Å²) in [6.07, 6.45) is 7.00. The van der Waals surface area contributed by atoms with E-state index in [1.165, 1.54) is 25.3 Å². The molecule has 5 heteroatoms. The van der Waals surface area contributed by atoms with E-state index in [-0.39, 0.29) is 11.7 Å². The van der Waals surface area contributed by atoms with Crippen molar-refractivity contribution in [2.75, 3.05) is 30.5 Å². The van der Waals surface area contributed by atoms with Crippen LogP contribution in [0.3, 0.4) is 0 Å². The first-order valence-corrected chi connectivity index (χ1v) is 9.01. The van der Waals surface area contributed by atoms with Gasteiger partial charge in [0, 0.05) is 38.4 Å². The van der Waals surface area contributed by atoms with E-state index in [2.05, 4.69) is 5.32 Å². The molecule has 0 unspecified atom stereocenters. The number of amides is 1. The van der Waals surface area contributed by atoms with Gasteiger partial charge in [0.1, 0.15) is 5.82 Å². The van der Waals surface area contributed by atoms with Crippen molar-refractivity contribution >= 4 is 17.3 Å². The van der Waals surface area contributed by atoms with Gasteiger partial charge in [-0.25, -0.2) is 4.39 Å². The van der Waals surface area contributed by atoms with Crippen LogP contribution in [0, 0.1) is 5.82 Å². The van der Waals surface area contributed by atoms with Gasteiger partial charge < -0.3 is 15.0 Å². The first kappa shape index (κ1) is 18.7. The summed E-state index contributed by atoms with van der Waals surface area (Å²) in [4.78, 5) is 13.9. The zero-order valence-corrected chi connectivity index (χ0v) is 14.8. The number of hydrogen-bond acceptors (Lipinski definition) is 3. The van der Waals surface area contributed by atoms with Crippen LogP contribution in [-0.2, 0) is 9.53 Å². The molecular weight excluding hydrogens is 307 g/mol. The van der Waals surface area contributed by atoms with Gasteiger partial charge in [0.25, 0.3) is 0 Å². The Hall–Kier alpha value is -1.62. The van der Waals surface area contributed by atoms with E-state index in [1.54, 1.807) is 12.1 Å². The van der Waals surface area contributed by atoms with E-state index < -0.39 is 0 Å². The minimum absolute atomic E-state index is 0.109. The molecule has 24 heavy (non-hydrogen) atoms. The molecule has 0 atom stereocenters. The Morgan fingerprint density at radius 3 is 2.75 bits per heavy atom. The Morgan fingerprint density at radius 2 is 2.08 bits per heavy atom. The standard InChI is InChI=1S/C19H29FN2O2/c1-3-24-13-7-10-19(23)21-15-11-12-18(17(20)14-15)22(2)16-8-5-4-6-9-16/h11-12,14,16H,3-10,13H2,1-2H3,(H,21,23). The summed E-state index contributed by atoms with van der Waals surface area (Å²) in [5.74, 6) is -0.391. The van der Waals surface area contributed by atoms with Crippen molar-refractivity contribution in [3.8, 4) is 0 Å². The van der Waals surface area contributed by atoms with Crippen LogP contribution >= 0.6 is 0 Å². The summed E-state index contributed by atoms with van der Waals surface area (Å²) in [6, 6.07) is 5.36. The highest BCUT2D eigenvalue weighted by Crippen LogP contribution is 2.29. The predicted molar refractivity (Wildman–Crippen MR) is 96.0 cm³/mol. The number of rotatable bonds is 8. The van der Waals surface area contributed by atoms with Gasteiger partial charge in [-0.15, -0.1) is 0 Å². The normalized spacial score (nSPS) is 15.3. The lowest BCUT2D eigenvalue weighted by molar-refractivity contribution is -0.116. The van der Waals surface area contributed by atoms with Gasteiger partial charge in [-0.05, 0) is 44.4 Å². The quantitative estimate of drug-likeness (QED) is 0.718. The van der Waals surface area contributed by atoms with Gasteiger partial charge in [0.15, 0.2) is 0 Å². The van der Waals surface area contributed by atoms with Gasteiger partial charge in [-0.2, -0.15) is 0 Å². The van der Waals surface area contributed by atoms with Crippen LogP contribution in [0.5, 0.6) is 0 Å². The molecule has 0 saturated heterocycles. The molecule has 1 fully saturated rings. The van der Waals surface area contributed by atoms with Crippen molar-refractivity contribution in [1.29, 1.82) is 0 Å². The lowest BCUT2D eigenvalue weighted by Crippen LogP contribution is -2.33. The fourth-order valence-electron chi connectivity index (χ4n) is 3.24. The zero-order chi connectivity index (χ0) is 17.4. The predicted octanol–water partition coefficient (Wildman–Crippen LogP) is 4.35. The van der Waals surface area contributed by atoms with Gasteiger partial charge >= 0.3 is 0 Å². The number of nitrogens with zero attached hydrogens (tertiary/aromatic N) is 1. The highest BCUT2D eigenvalue weighted by atomic mass is 19.1. The number of halogens is 1. The van der Waals surface area contributed by atoms with Gasteiger partial charge in [-0.3, -0.25) is 4.79 Å². The number of carbonyl (C=O) groups is 1. The molecule has 1 saturated carbocycles. The van der Waals surface area contributed by atoms with Crippen LogP contribution in [0.25, 0.3) is 0 Å². The zero-order valence-electron chi connectivity index (χ0n) is 14.8. The molecule has 0 spiro atoms. The average molecular weight is 336 g/mol. The third kappa shape index (κ3) is 5.48. The third-order valence-electron chi connectivity index (χ3n) is 4.63. The number of carbonyl (C=O) groups excluding carboxylic acids is 1. The Labute approximate surface area is 144 Å². The number of nitrogens with one attached hydrogen (secondary N) is 1. The van der Waals surface area contributed by atoms with Crippen molar-refractivity contribution in [3.63, 3.8) is 0 Å². The Kier molecular flexibility index (Phi) is 7.50. The molecule has 0 heterocycles. The van der Waals surface area contributed by atoms with Crippen LogP contribution in [-0.4, -0.2) is 32.2 Å². The monoisotopic (exact) mass is 336 g/mol. The Bertz CT molecular complexity index is 530. The maximum absolute atomic E-state index is 14.4. The highest BCUT2D eigenvalue weighted by molar-refractivity contribution is 5.90. The molecule has 1 N–H and O–H groups in total. The van der Waals surface area contributed by atoms with Crippen molar-refractivity contribution in [3.05, 3.63) is 24.0 Å². The highest BCUT2D eigenvalue weighted by Gasteiger charge is 2.20. The van der Waals surface area contributed by atoms with E-state index in [0.29, 0.717) is 43.5 Å². The first-order chi connectivity index (χ1) is 11.6. The van der Waals surface area contributed by atoms with Crippen molar-refractivity contribution in [1.82, 2.24) is 0 Å². The van der Waals surface area contributed by atoms with Gasteiger partial charge in [0.05, 0.1) is 5.69 Å². The number of ether oxygens (including phenoxy) is 1. The van der Waals surface area contributed by atoms with E-state index >= 15 is 0 Å². The number of benzene rings is 1. The van der Waals surface area contributed by atoms with Crippen molar-refractivity contribution in [2.24, 2.45) is 0 Å². The molecule has 1 aliphatic carbocycles. The number of hydrogen-bond donors (Lipinski definition) is 1. The molecule has 0 radical (unpaired) electrons. The topological polar surface area (TPSA) is 41.6 Å². The molecule has 4 nitrogen and oxygen atoms in total. The fourth-order valence-corrected chi connectivity index (χ4v) is 3.24. The second-order valence-electron chi connectivity index (χ2n) is 6.42. The molecule has 2 rings (SSSR count). The largest absolute Gasteiger partial charge is 0.382 e. The van der Waals surface area contributed by atoms with Crippen molar-refractivity contribution < 1.29 is 13.9 Å². The summed E-state index contributed by atoms with van der Waals surface area (Å²) in [5, 5.41) is 2.75. The summed E-state index contributed by atoms with van der Waals surface area (Å²) in [7, 11) is 1.96. The summed E-state index contributed by atoms with van der Waals surface area (Å²) in [5.41, 5.74) is 1.12. The maximum Gasteiger partial charge on any atom is 0.224 e. The van der Waals surface area contributed by atoms with Crippen LogP contribution in [0.15, 0.2) is 18.2 Å². The van der Waals surface area contributed by atoms with E-state index in [0.717, 1.165) is 12.8 Å². The molecule has 1 aromatic rings. The Morgan fingerprint density at radius 1 is 1.33 bits per heavy atom. The second kappa shape index (κ2) is 9.62. The molecule has 0 aromatic heterocycles. The molecule has 0 bridgehead atoms. The van der Waals surface area contributed by atoms with Gasteiger partial charge in [0.2, 0.25) is 5.91 Å². The van der Waals surface area contributed by atoms with Crippen LogP contribution in [0.4, 0.5) is 15.8 Å². The average Bonchev–Trinajstić information content (AvgIpc) is 2.59. The molecule has 1 aromatic carbocycles. The summed E-state index contributed by atoms with van der Waals surface area (Å²) < 4.78 is 19.7. The van der Waals surface area contributed by atoms with E-state index in [9.17, 15) is 9.18 Å². The summed E-state index contributed by atoms with van der Waals surface area (Å²) in [6.45, 7) is 3.15. The lowest BCUT2D eigenvalue weighted by Gasteiger charge is -2.33. The minimum Gasteiger partial charge on any atom is -0.382 e. The van der Waals surface area contributed by atoms with Crippen LogP contribution in [0.1, 0.15) is 51.9 Å². The SMILES string of the molecule is CCOCCCC(=O)Nc1ccc(N(C)C2CCCCC2)c(F)c1. The fraction of sp³-hybridized carbons (Fsp3) is 0.632. The van der Waals surface area contributed by atoms with Crippen molar-refractivity contribution in [2.45, 2.75) is 57.9 Å². The van der Waals surface area contributed by atoms with E-state index in [4.69, 9.17) is 4.74 Å². The lowest BCUT2D eigenvalue weighted by atomic mass is 9.94.